The van der Waals surface area contributed by atoms with Crippen LogP contribution in [0.1, 0.15) is 30.4 Å². The Morgan fingerprint density at radius 3 is 2.58 bits per heavy atom. The van der Waals surface area contributed by atoms with Crippen LogP contribution in [0.5, 0.6) is 5.75 Å². The highest BCUT2D eigenvalue weighted by Crippen LogP contribution is 2.28. The molecule has 6 heteroatoms. The van der Waals surface area contributed by atoms with E-state index in [9.17, 15) is 9.59 Å². The van der Waals surface area contributed by atoms with Crippen molar-refractivity contribution in [2.75, 3.05) is 18.0 Å². The molecule has 0 unspecified atom stereocenters. The van der Waals surface area contributed by atoms with Crippen molar-refractivity contribution in [3.63, 3.8) is 0 Å². The summed E-state index contributed by atoms with van der Waals surface area (Å²) < 4.78 is 5.78. The summed E-state index contributed by atoms with van der Waals surface area (Å²) in [5, 5.41) is 4.69. The van der Waals surface area contributed by atoms with Crippen LogP contribution in [0.15, 0.2) is 41.8 Å². The monoisotopic (exact) mass is 346 g/mol. The Labute approximate surface area is 146 Å². The van der Waals surface area contributed by atoms with Gasteiger partial charge < -0.3 is 15.0 Å². The third-order valence-corrected chi connectivity index (χ3v) is 4.13. The highest BCUT2D eigenvalue weighted by Gasteiger charge is 2.17. The van der Waals surface area contributed by atoms with Gasteiger partial charge in [0.25, 0.3) is 5.91 Å². The van der Waals surface area contributed by atoms with Crippen LogP contribution in [0.3, 0.4) is 0 Å². The lowest BCUT2D eigenvalue weighted by atomic mass is 10.2. The second-order valence-electron chi connectivity index (χ2n) is 5.54. The molecule has 2 amide bonds. The van der Waals surface area contributed by atoms with Crippen LogP contribution in [0, 0.1) is 0 Å². The molecule has 2 rings (SSSR count). The van der Waals surface area contributed by atoms with Gasteiger partial charge >= 0.3 is 0 Å². The van der Waals surface area contributed by atoms with Crippen molar-refractivity contribution < 1.29 is 14.3 Å². The number of nitrogens with one attached hydrogen (secondary N) is 1. The normalized spacial score (nSPS) is 10.5. The molecule has 1 N–H and O–H groups in total. The molecule has 5 nitrogen and oxygen atoms in total. The molecule has 1 aromatic carbocycles. The van der Waals surface area contributed by atoms with Gasteiger partial charge in [-0.3, -0.25) is 9.59 Å². The SMILES string of the molecule is CC(=O)N(CCNC(=O)c1cccs1)c1ccccc1OC(C)C. The Kier molecular flexibility index (Phi) is 6.37. The van der Waals surface area contributed by atoms with Crippen molar-refractivity contribution >= 4 is 28.8 Å². The zero-order valence-corrected chi connectivity index (χ0v) is 14.9. The van der Waals surface area contributed by atoms with Crippen LogP contribution in [0.4, 0.5) is 5.69 Å². The number of amides is 2. The summed E-state index contributed by atoms with van der Waals surface area (Å²) in [4.78, 5) is 26.3. The molecule has 0 spiro atoms. The molecular formula is C18H22N2O3S. The van der Waals surface area contributed by atoms with Gasteiger partial charge in [-0.1, -0.05) is 18.2 Å². The van der Waals surface area contributed by atoms with E-state index < -0.39 is 0 Å². The van der Waals surface area contributed by atoms with Gasteiger partial charge in [0.05, 0.1) is 16.7 Å². The van der Waals surface area contributed by atoms with Crippen molar-refractivity contribution in [2.24, 2.45) is 0 Å². The molecule has 0 fully saturated rings. The molecule has 0 saturated heterocycles. The zero-order chi connectivity index (χ0) is 17.5. The second kappa shape index (κ2) is 8.49. The van der Waals surface area contributed by atoms with Gasteiger partial charge in [0.1, 0.15) is 5.75 Å². The summed E-state index contributed by atoms with van der Waals surface area (Å²) in [5.41, 5.74) is 0.712. The second-order valence-corrected chi connectivity index (χ2v) is 6.49. The van der Waals surface area contributed by atoms with Crippen LogP contribution in [-0.4, -0.2) is 31.0 Å². The van der Waals surface area contributed by atoms with Crippen molar-refractivity contribution in [1.29, 1.82) is 0 Å². The Balaban J connectivity index is 2.05. The van der Waals surface area contributed by atoms with Crippen LogP contribution < -0.4 is 15.0 Å². The molecule has 0 aliphatic rings. The van der Waals surface area contributed by atoms with E-state index in [4.69, 9.17) is 4.74 Å². The molecule has 0 atom stereocenters. The van der Waals surface area contributed by atoms with E-state index in [-0.39, 0.29) is 17.9 Å². The number of para-hydroxylation sites is 2. The highest BCUT2D eigenvalue weighted by atomic mass is 32.1. The van der Waals surface area contributed by atoms with Crippen molar-refractivity contribution in [3.05, 3.63) is 46.7 Å². The van der Waals surface area contributed by atoms with Gasteiger partial charge in [-0.15, -0.1) is 11.3 Å². The molecule has 0 aliphatic heterocycles. The third kappa shape index (κ3) is 4.83. The minimum atomic E-state index is -0.125. The number of hydrogen-bond donors (Lipinski definition) is 1. The summed E-state index contributed by atoms with van der Waals surface area (Å²) >= 11 is 1.39. The largest absolute Gasteiger partial charge is 0.489 e. The molecule has 1 heterocycles. The molecule has 0 aliphatic carbocycles. The van der Waals surface area contributed by atoms with Crippen molar-refractivity contribution in [2.45, 2.75) is 26.9 Å². The van der Waals surface area contributed by atoms with Crippen LogP contribution in [0.2, 0.25) is 0 Å². The summed E-state index contributed by atoms with van der Waals surface area (Å²) in [5.74, 6) is 0.438. The lowest BCUT2D eigenvalue weighted by Crippen LogP contribution is -2.37. The first kappa shape index (κ1) is 18.0. The number of hydrogen-bond acceptors (Lipinski definition) is 4. The van der Waals surface area contributed by atoms with Crippen LogP contribution >= 0.6 is 11.3 Å². The van der Waals surface area contributed by atoms with Crippen LogP contribution in [0.25, 0.3) is 0 Å². The number of thiophene rings is 1. The first-order chi connectivity index (χ1) is 11.5. The predicted molar refractivity (Wildman–Crippen MR) is 96.9 cm³/mol. The predicted octanol–water partition coefficient (Wildman–Crippen LogP) is 3.32. The highest BCUT2D eigenvalue weighted by molar-refractivity contribution is 7.12. The van der Waals surface area contributed by atoms with Gasteiger partial charge in [-0.25, -0.2) is 0 Å². The number of carbonyl (C=O) groups excluding carboxylic acids is 2. The standard InChI is InChI=1S/C18H22N2O3S/c1-13(2)23-16-8-5-4-7-15(16)20(14(3)21)11-10-19-18(22)17-9-6-12-24-17/h4-9,12-13H,10-11H2,1-3H3,(H,19,22). The van der Waals surface area contributed by atoms with E-state index in [1.165, 1.54) is 18.3 Å². The topological polar surface area (TPSA) is 58.6 Å². The Morgan fingerprint density at radius 2 is 1.96 bits per heavy atom. The maximum atomic E-state index is 12.0. The number of carbonyl (C=O) groups is 2. The maximum Gasteiger partial charge on any atom is 0.261 e. The fourth-order valence-corrected chi connectivity index (χ4v) is 2.90. The summed E-state index contributed by atoms with van der Waals surface area (Å²) in [6.45, 7) is 6.14. The van der Waals surface area contributed by atoms with E-state index in [0.717, 1.165) is 0 Å². The lowest BCUT2D eigenvalue weighted by Gasteiger charge is -2.24. The van der Waals surface area contributed by atoms with E-state index in [0.29, 0.717) is 29.4 Å². The van der Waals surface area contributed by atoms with Crippen molar-refractivity contribution in [3.8, 4) is 5.75 Å². The fraction of sp³-hybridized carbons (Fsp3) is 0.333. The fourth-order valence-electron chi connectivity index (χ4n) is 2.26. The minimum absolute atomic E-state index is 0.0125. The van der Waals surface area contributed by atoms with Crippen LogP contribution in [-0.2, 0) is 4.79 Å². The minimum Gasteiger partial charge on any atom is -0.489 e. The lowest BCUT2D eigenvalue weighted by molar-refractivity contribution is -0.116. The molecule has 1 aromatic heterocycles. The smallest absolute Gasteiger partial charge is 0.261 e. The summed E-state index contributed by atoms with van der Waals surface area (Å²) in [6.07, 6.45) is 0.0125. The first-order valence-corrected chi connectivity index (χ1v) is 8.72. The first-order valence-electron chi connectivity index (χ1n) is 7.84. The van der Waals surface area contributed by atoms with E-state index in [1.807, 2.05) is 49.6 Å². The zero-order valence-electron chi connectivity index (χ0n) is 14.1. The van der Waals surface area contributed by atoms with Gasteiger partial charge in [0.15, 0.2) is 0 Å². The van der Waals surface area contributed by atoms with E-state index in [2.05, 4.69) is 5.32 Å². The molecule has 0 bridgehead atoms. The molecular weight excluding hydrogens is 324 g/mol. The molecule has 2 aromatic rings. The van der Waals surface area contributed by atoms with Gasteiger partial charge in [0.2, 0.25) is 5.91 Å². The number of nitrogens with zero attached hydrogens (tertiary/aromatic N) is 1. The molecule has 24 heavy (non-hydrogen) atoms. The third-order valence-electron chi connectivity index (χ3n) is 3.26. The summed E-state index contributed by atoms with van der Waals surface area (Å²) in [7, 11) is 0. The summed E-state index contributed by atoms with van der Waals surface area (Å²) in [6, 6.07) is 11.0. The van der Waals surface area contributed by atoms with Gasteiger partial charge in [-0.2, -0.15) is 0 Å². The number of anilines is 1. The van der Waals surface area contributed by atoms with E-state index >= 15 is 0 Å². The quantitative estimate of drug-likeness (QED) is 0.837. The Bertz CT molecular complexity index is 683. The van der Waals surface area contributed by atoms with Gasteiger partial charge in [-0.05, 0) is 37.4 Å². The number of ether oxygens (including phenoxy) is 1. The Hall–Kier alpha value is -2.34. The van der Waals surface area contributed by atoms with Crippen molar-refractivity contribution in [1.82, 2.24) is 5.32 Å². The maximum absolute atomic E-state index is 12.0. The number of benzene rings is 1. The average molecular weight is 346 g/mol. The average Bonchev–Trinajstić information content (AvgIpc) is 3.06. The molecule has 128 valence electrons. The van der Waals surface area contributed by atoms with Gasteiger partial charge in [0, 0.05) is 20.0 Å². The molecule has 0 saturated carbocycles. The molecule has 0 radical (unpaired) electrons. The van der Waals surface area contributed by atoms with E-state index in [1.54, 1.807) is 11.0 Å². The Morgan fingerprint density at radius 1 is 1.21 bits per heavy atom. The number of rotatable bonds is 7.